The van der Waals surface area contributed by atoms with Crippen molar-refractivity contribution < 1.29 is 0 Å². The summed E-state index contributed by atoms with van der Waals surface area (Å²) < 4.78 is 0. The Bertz CT molecular complexity index is 409. The molecule has 1 aromatic rings. The van der Waals surface area contributed by atoms with Crippen molar-refractivity contribution >= 4 is 17.4 Å². The summed E-state index contributed by atoms with van der Waals surface area (Å²) in [5.74, 6) is 1.18. The first-order valence-corrected chi connectivity index (χ1v) is 7.22. The number of rotatable bonds is 5. The van der Waals surface area contributed by atoms with Gasteiger partial charge in [-0.1, -0.05) is 0 Å². The quantitative estimate of drug-likeness (QED) is 0.798. The van der Waals surface area contributed by atoms with Crippen molar-refractivity contribution in [2.45, 2.75) is 26.3 Å². The maximum Gasteiger partial charge on any atom is 0.0994 e. The van der Waals surface area contributed by atoms with Gasteiger partial charge in [0.1, 0.15) is 0 Å². The summed E-state index contributed by atoms with van der Waals surface area (Å²) in [4.78, 5) is 2.28. The van der Waals surface area contributed by atoms with Gasteiger partial charge in [-0.2, -0.15) is 17.0 Å². The van der Waals surface area contributed by atoms with E-state index in [4.69, 9.17) is 5.26 Å². The summed E-state index contributed by atoms with van der Waals surface area (Å²) in [6, 6.07) is 8.75. The van der Waals surface area contributed by atoms with E-state index in [1.54, 1.807) is 0 Å². The number of nitriles is 1. The lowest BCUT2D eigenvalue weighted by Gasteiger charge is -2.27. The van der Waals surface area contributed by atoms with Crippen molar-refractivity contribution in [2.75, 3.05) is 24.0 Å². The molecule has 0 N–H and O–H groups in total. The smallest absolute Gasteiger partial charge is 0.0994 e. The van der Waals surface area contributed by atoms with E-state index in [1.807, 2.05) is 30.8 Å². The van der Waals surface area contributed by atoms with Crippen molar-refractivity contribution in [1.82, 2.24) is 0 Å². The minimum atomic E-state index is 0.523. The summed E-state index contributed by atoms with van der Waals surface area (Å²) in [6.07, 6.45) is 3.31. The van der Waals surface area contributed by atoms with Crippen molar-refractivity contribution in [1.29, 1.82) is 5.26 Å². The fraction of sp³-hybridized carbons (Fsp3) is 0.500. The molecule has 0 bridgehead atoms. The number of anilines is 1. The van der Waals surface area contributed by atoms with Crippen LogP contribution in [0.2, 0.25) is 0 Å². The zero-order valence-corrected chi connectivity index (χ0v) is 11.8. The van der Waals surface area contributed by atoms with Crippen molar-refractivity contribution in [3.63, 3.8) is 0 Å². The molecule has 2 nitrogen and oxygen atoms in total. The van der Waals surface area contributed by atoms with Crippen LogP contribution >= 0.6 is 11.8 Å². The standard InChI is InChI=1S/C14H20N2S/c1-11-9-14(6-5-13(11)10-15)16(3)12(2)7-8-17-4/h5-6,9,12H,7-8H2,1-4H3. The highest BCUT2D eigenvalue weighted by Crippen LogP contribution is 2.21. The summed E-state index contributed by atoms with van der Waals surface area (Å²) in [6.45, 7) is 4.23. The molecule has 0 heterocycles. The van der Waals surface area contributed by atoms with Gasteiger partial charge in [0.25, 0.3) is 0 Å². The summed E-state index contributed by atoms with van der Waals surface area (Å²) in [5, 5.41) is 8.91. The molecule has 0 fully saturated rings. The largest absolute Gasteiger partial charge is 0.372 e. The summed E-state index contributed by atoms with van der Waals surface area (Å²) in [7, 11) is 2.12. The molecule has 0 radical (unpaired) electrons. The van der Waals surface area contributed by atoms with Crippen LogP contribution in [0.15, 0.2) is 18.2 Å². The highest BCUT2D eigenvalue weighted by Gasteiger charge is 2.10. The van der Waals surface area contributed by atoms with Gasteiger partial charge in [-0.3, -0.25) is 0 Å². The summed E-state index contributed by atoms with van der Waals surface area (Å²) >= 11 is 1.88. The molecular formula is C14H20N2S. The number of thioether (sulfide) groups is 1. The molecule has 0 saturated carbocycles. The molecule has 0 aromatic heterocycles. The lowest BCUT2D eigenvalue weighted by atomic mass is 10.1. The van der Waals surface area contributed by atoms with E-state index >= 15 is 0 Å². The Labute approximate surface area is 109 Å². The first-order valence-electron chi connectivity index (χ1n) is 5.82. The minimum Gasteiger partial charge on any atom is -0.372 e. The molecule has 1 atom stereocenters. The fourth-order valence-corrected chi connectivity index (χ4v) is 2.31. The second-order valence-electron chi connectivity index (χ2n) is 4.35. The molecule has 0 saturated heterocycles. The van der Waals surface area contributed by atoms with Gasteiger partial charge in [0.2, 0.25) is 0 Å². The van der Waals surface area contributed by atoms with Crippen LogP contribution in [0.3, 0.4) is 0 Å². The number of benzene rings is 1. The van der Waals surface area contributed by atoms with E-state index in [0.29, 0.717) is 6.04 Å². The summed E-state index contributed by atoms with van der Waals surface area (Å²) in [5.41, 5.74) is 3.00. The predicted octanol–water partition coefficient (Wildman–Crippen LogP) is 3.44. The molecule has 1 unspecified atom stereocenters. The maximum absolute atomic E-state index is 8.91. The van der Waals surface area contributed by atoms with Gasteiger partial charge < -0.3 is 4.90 Å². The molecule has 0 spiro atoms. The average Bonchev–Trinajstić information content (AvgIpc) is 2.34. The molecule has 0 aliphatic carbocycles. The maximum atomic E-state index is 8.91. The number of hydrogen-bond acceptors (Lipinski definition) is 3. The second kappa shape index (κ2) is 6.56. The van der Waals surface area contributed by atoms with Crippen LogP contribution < -0.4 is 4.90 Å². The van der Waals surface area contributed by atoms with Gasteiger partial charge in [0.15, 0.2) is 0 Å². The topological polar surface area (TPSA) is 27.0 Å². The van der Waals surface area contributed by atoms with Crippen LogP contribution in [-0.4, -0.2) is 25.1 Å². The first kappa shape index (κ1) is 13.9. The average molecular weight is 248 g/mol. The highest BCUT2D eigenvalue weighted by molar-refractivity contribution is 7.98. The van der Waals surface area contributed by atoms with E-state index in [-0.39, 0.29) is 0 Å². The van der Waals surface area contributed by atoms with Gasteiger partial charge in [-0.05, 0) is 56.0 Å². The van der Waals surface area contributed by atoms with E-state index in [2.05, 4.69) is 37.3 Å². The van der Waals surface area contributed by atoms with Gasteiger partial charge in [-0.15, -0.1) is 0 Å². The Kier molecular flexibility index (Phi) is 5.37. The van der Waals surface area contributed by atoms with Crippen LogP contribution in [0, 0.1) is 18.3 Å². The lowest BCUT2D eigenvalue weighted by molar-refractivity contribution is 0.669. The van der Waals surface area contributed by atoms with E-state index in [0.717, 1.165) is 11.1 Å². The van der Waals surface area contributed by atoms with Gasteiger partial charge >= 0.3 is 0 Å². The molecule has 3 heteroatoms. The van der Waals surface area contributed by atoms with E-state index < -0.39 is 0 Å². The van der Waals surface area contributed by atoms with Crippen molar-refractivity contribution in [3.05, 3.63) is 29.3 Å². The zero-order chi connectivity index (χ0) is 12.8. The molecule has 17 heavy (non-hydrogen) atoms. The third-order valence-corrected chi connectivity index (χ3v) is 3.78. The molecule has 0 aliphatic rings. The van der Waals surface area contributed by atoms with Crippen LogP contribution in [0.25, 0.3) is 0 Å². The van der Waals surface area contributed by atoms with Crippen LogP contribution in [0.1, 0.15) is 24.5 Å². The SMILES string of the molecule is CSCCC(C)N(C)c1ccc(C#N)c(C)c1. The van der Waals surface area contributed by atoms with Crippen LogP contribution in [-0.2, 0) is 0 Å². The Morgan fingerprint density at radius 2 is 2.18 bits per heavy atom. The Hall–Kier alpha value is -1.14. The predicted molar refractivity (Wildman–Crippen MR) is 76.8 cm³/mol. The normalized spacial score (nSPS) is 11.9. The molecule has 0 amide bonds. The lowest BCUT2D eigenvalue weighted by Crippen LogP contribution is -2.29. The Balaban J connectivity index is 2.79. The van der Waals surface area contributed by atoms with Gasteiger partial charge in [0.05, 0.1) is 11.6 Å². The van der Waals surface area contributed by atoms with Gasteiger partial charge in [0, 0.05) is 18.8 Å². The molecule has 92 valence electrons. The van der Waals surface area contributed by atoms with Crippen molar-refractivity contribution in [2.24, 2.45) is 0 Å². The number of aryl methyl sites for hydroxylation is 1. The van der Waals surface area contributed by atoms with Gasteiger partial charge in [-0.25, -0.2) is 0 Å². The third kappa shape index (κ3) is 3.67. The fourth-order valence-electron chi connectivity index (χ4n) is 1.73. The molecular weight excluding hydrogens is 228 g/mol. The Morgan fingerprint density at radius 3 is 2.71 bits per heavy atom. The molecule has 1 rings (SSSR count). The minimum absolute atomic E-state index is 0.523. The second-order valence-corrected chi connectivity index (χ2v) is 5.34. The van der Waals surface area contributed by atoms with Crippen molar-refractivity contribution in [3.8, 4) is 6.07 Å². The zero-order valence-electron chi connectivity index (χ0n) is 11.0. The third-order valence-electron chi connectivity index (χ3n) is 3.14. The highest BCUT2D eigenvalue weighted by atomic mass is 32.2. The van der Waals surface area contributed by atoms with E-state index in [1.165, 1.54) is 17.9 Å². The molecule has 0 aliphatic heterocycles. The monoisotopic (exact) mass is 248 g/mol. The Morgan fingerprint density at radius 1 is 1.47 bits per heavy atom. The van der Waals surface area contributed by atoms with E-state index in [9.17, 15) is 0 Å². The number of hydrogen-bond donors (Lipinski definition) is 0. The molecule has 1 aromatic carbocycles. The van der Waals surface area contributed by atoms with Crippen LogP contribution in [0.5, 0.6) is 0 Å². The van der Waals surface area contributed by atoms with Crippen LogP contribution in [0.4, 0.5) is 5.69 Å². The first-order chi connectivity index (χ1) is 8.10. The number of nitrogens with zero attached hydrogens (tertiary/aromatic N) is 2.